The normalized spacial score (nSPS) is 12.2. The second kappa shape index (κ2) is 7.27. The number of hydrogen-bond acceptors (Lipinski definition) is 3. The van der Waals surface area contributed by atoms with Gasteiger partial charge in [0.25, 0.3) is 0 Å². The Labute approximate surface area is 131 Å². The summed E-state index contributed by atoms with van der Waals surface area (Å²) in [6, 6.07) is 9.88. The van der Waals surface area contributed by atoms with Gasteiger partial charge < -0.3 is 14.6 Å². The Hall–Kier alpha value is -2.07. The predicted octanol–water partition coefficient (Wildman–Crippen LogP) is 3.04. The predicted molar refractivity (Wildman–Crippen MR) is 89.9 cm³/mol. The zero-order valence-electron chi connectivity index (χ0n) is 13.7. The van der Waals surface area contributed by atoms with Crippen molar-refractivity contribution in [2.45, 2.75) is 39.8 Å². The lowest BCUT2D eigenvalue weighted by molar-refractivity contribution is 0.412. The van der Waals surface area contributed by atoms with Crippen molar-refractivity contribution < 1.29 is 4.74 Å². The number of methoxy groups -OCH3 is 1. The van der Waals surface area contributed by atoms with Crippen LogP contribution in [0.3, 0.4) is 0 Å². The van der Waals surface area contributed by atoms with Crippen molar-refractivity contribution >= 4 is 0 Å². The minimum absolute atomic E-state index is 0.0689. The molecule has 1 aromatic heterocycles. The third-order valence-corrected chi connectivity index (χ3v) is 3.92. The number of nitrogens with zero attached hydrogens (tertiary/aromatic N) is 1. The van der Waals surface area contributed by atoms with Gasteiger partial charge >= 0.3 is 0 Å². The highest BCUT2D eigenvalue weighted by molar-refractivity contribution is 5.48. The molecule has 0 saturated carbocycles. The zero-order valence-corrected chi connectivity index (χ0v) is 13.7. The Morgan fingerprint density at radius 2 is 2.05 bits per heavy atom. The number of para-hydroxylation sites is 2. The molecule has 1 N–H and O–H groups in total. The van der Waals surface area contributed by atoms with Crippen LogP contribution in [0.1, 0.15) is 31.5 Å². The van der Waals surface area contributed by atoms with Gasteiger partial charge in [0.1, 0.15) is 5.75 Å². The van der Waals surface area contributed by atoms with Crippen LogP contribution in [0.4, 0.5) is 0 Å². The summed E-state index contributed by atoms with van der Waals surface area (Å²) < 4.78 is 7.43. The third-order valence-electron chi connectivity index (χ3n) is 3.92. The van der Waals surface area contributed by atoms with E-state index in [0.29, 0.717) is 12.6 Å². The molecular weight excluding hydrogens is 276 g/mol. The highest BCUT2D eigenvalue weighted by atomic mass is 16.5. The number of aromatic nitrogens is 1. The third kappa shape index (κ3) is 3.57. The number of hydrogen-bond donors (Lipinski definition) is 1. The molecule has 0 amide bonds. The number of benzene rings is 1. The summed E-state index contributed by atoms with van der Waals surface area (Å²) in [5.41, 5.74) is 2.66. The van der Waals surface area contributed by atoms with E-state index in [9.17, 15) is 4.79 Å². The van der Waals surface area contributed by atoms with Crippen LogP contribution in [0.25, 0.3) is 5.69 Å². The smallest absolute Gasteiger partial charge is 0.186 e. The summed E-state index contributed by atoms with van der Waals surface area (Å²) in [5.74, 6) is 0.787. The van der Waals surface area contributed by atoms with Gasteiger partial charge in [0, 0.05) is 36.1 Å². The molecule has 1 atom stereocenters. The molecule has 1 heterocycles. The standard InChI is InChI=1S/C18H24N2O2/c1-5-13(2)19-11-15-12-20(14(3)10-17(15)21)16-8-6-7-9-18(16)22-4/h6-10,12-13,19H,5,11H2,1-4H3. The number of ether oxygens (including phenoxy) is 1. The minimum atomic E-state index is 0.0689. The van der Waals surface area contributed by atoms with E-state index >= 15 is 0 Å². The van der Waals surface area contributed by atoms with Crippen LogP contribution in [-0.2, 0) is 6.54 Å². The molecule has 0 spiro atoms. The highest BCUT2D eigenvalue weighted by Crippen LogP contribution is 2.23. The molecule has 0 aliphatic heterocycles. The van der Waals surface area contributed by atoms with Gasteiger partial charge in [0.2, 0.25) is 0 Å². The van der Waals surface area contributed by atoms with Gasteiger partial charge in [0.15, 0.2) is 5.43 Å². The minimum Gasteiger partial charge on any atom is -0.495 e. The Bertz CT molecular complexity index is 692. The zero-order chi connectivity index (χ0) is 16.1. The molecule has 4 nitrogen and oxygen atoms in total. The van der Waals surface area contributed by atoms with E-state index in [1.54, 1.807) is 13.2 Å². The molecule has 1 unspecified atom stereocenters. The molecule has 0 radical (unpaired) electrons. The molecule has 2 rings (SSSR count). The van der Waals surface area contributed by atoms with Gasteiger partial charge in [-0.3, -0.25) is 4.79 Å². The maximum Gasteiger partial charge on any atom is 0.186 e. The van der Waals surface area contributed by atoms with Gasteiger partial charge in [-0.15, -0.1) is 0 Å². The van der Waals surface area contributed by atoms with Crippen molar-refractivity contribution in [1.29, 1.82) is 0 Å². The van der Waals surface area contributed by atoms with Gasteiger partial charge in [-0.1, -0.05) is 19.1 Å². The molecule has 0 saturated heterocycles. The van der Waals surface area contributed by atoms with E-state index in [4.69, 9.17) is 4.74 Å². The summed E-state index contributed by atoms with van der Waals surface area (Å²) in [6.45, 7) is 6.75. The second-order valence-corrected chi connectivity index (χ2v) is 5.54. The fourth-order valence-corrected chi connectivity index (χ4v) is 2.32. The van der Waals surface area contributed by atoms with Crippen molar-refractivity contribution in [3.8, 4) is 11.4 Å². The van der Waals surface area contributed by atoms with Crippen molar-refractivity contribution in [2.24, 2.45) is 0 Å². The monoisotopic (exact) mass is 300 g/mol. The first kappa shape index (κ1) is 16.3. The molecular formula is C18H24N2O2. The maximum atomic E-state index is 12.2. The van der Waals surface area contributed by atoms with E-state index in [1.165, 1.54) is 0 Å². The number of pyridine rings is 1. The Kier molecular flexibility index (Phi) is 5.39. The van der Waals surface area contributed by atoms with E-state index in [1.807, 2.05) is 42.0 Å². The van der Waals surface area contributed by atoms with Crippen LogP contribution in [0.15, 0.2) is 41.3 Å². The fourth-order valence-electron chi connectivity index (χ4n) is 2.32. The molecule has 0 aliphatic rings. The van der Waals surface area contributed by atoms with Gasteiger partial charge in [-0.25, -0.2) is 0 Å². The molecule has 22 heavy (non-hydrogen) atoms. The summed E-state index contributed by atoms with van der Waals surface area (Å²) >= 11 is 0. The lowest BCUT2D eigenvalue weighted by Gasteiger charge is -2.17. The highest BCUT2D eigenvalue weighted by Gasteiger charge is 2.10. The fraction of sp³-hybridized carbons (Fsp3) is 0.389. The summed E-state index contributed by atoms with van der Waals surface area (Å²) in [5, 5.41) is 3.37. The molecule has 0 aliphatic carbocycles. The summed E-state index contributed by atoms with van der Waals surface area (Å²) in [6.07, 6.45) is 2.94. The van der Waals surface area contributed by atoms with Crippen molar-refractivity contribution in [3.05, 3.63) is 58.0 Å². The lowest BCUT2D eigenvalue weighted by atomic mass is 10.2. The molecule has 2 aromatic rings. The van der Waals surface area contributed by atoms with Crippen LogP contribution in [0.2, 0.25) is 0 Å². The average molecular weight is 300 g/mol. The first-order chi connectivity index (χ1) is 10.6. The lowest BCUT2D eigenvalue weighted by Crippen LogP contribution is -2.28. The van der Waals surface area contributed by atoms with Crippen molar-refractivity contribution in [1.82, 2.24) is 9.88 Å². The number of nitrogens with one attached hydrogen (secondary N) is 1. The molecule has 0 bridgehead atoms. The molecule has 4 heteroatoms. The van der Waals surface area contributed by atoms with E-state index in [-0.39, 0.29) is 5.43 Å². The van der Waals surface area contributed by atoms with E-state index < -0.39 is 0 Å². The Balaban J connectivity index is 2.42. The largest absolute Gasteiger partial charge is 0.495 e. The van der Waals surface area contributed by atoms with Gasteiger partial charge in [-0.2, -0.15) is 0 Å². The van der Waals surface area contributed by atoms with Crippen molar-refractivity contribution in [3.63, 3.8) is 0 Å². The van der Waals surface area contributed by atoms with E-state index in [2.05, 4.69) is 19.2 Å². The number of rotatable bonds is 6. The maximum absolute atomic E-state index is 12.2. The van der Waals surface area contributed by atoms with E-state index in [0.717, 1.165) is 29.1 Å². The molecule has 1 aromatic carbocycles. The summed E-state index contributed by atoms with van der Waals surface area (Å²) in [4.78, 5) is 12.2. The van der Waals surface area contributed by atoms with Crippen LogP contribution >= 0.6 is 0 Å². The van der Waals surface area contributed by atoms with Crippen LogP contribution in [-0.4, -0.2) is 17.7 Å². The average Bonchev–Trinajstić information content (AvgIpc) is 2.53. The first-order valence-electron chi connectivity index (χ1n) is 7.65. The SMILES string of the molecule is CCC(C)NCc1cn(-c2ccccc2OC)c(C)cc1=O. The van der Waals surface area contributed by atoms with Crippen LogP contribution in [0, 0.1) is 6.92 Å². The second-order valence-electron chi connectivity index (χ2n) is 5.54. The van der Waals surface area contributed by atoms with Crippen LogP contribution in [0.5, 0.6) is 5.75 Å². The number of aryl methyl sites for hydroxylation is 1. The Morgan fingerprint density at radius 3 is 2.73 bits per heavy atom. The van der Waals surface area contributed by atoms with Gasteiger partial charge in [0.05, 0.1) is 12.8 Å². The quantitative estimate of drug-likeness (QED) is 0.891. The van der Waals surface area contributed by atoms with Crippen molar-refractivity contribution in [2.75, 3.05) is 7.11 Å². The first-order valence-corrected chi connectivity index (χ1v) is 7.65. The van der Waals surface area contributed by atoms with Gasteiger partial charge in [-0.05, 0) is 32.4 Å². The topological polar surface area (TPSA) is 43.3 Å². The Morgan fingerprint density at radius 1 is 1.32 bits per heavy atom. The molecule has 0 fully saturated rings. The van der Waals surface area contributed by atoms with Crippen LogP contribution < -0.4 is 15.5 Å². The molecule has 118 valence electrons. The summed E-state index contributed by atoms with van der Waals surface area (Å²) in [7, 11) is 1.65.